The van der Waals surface area contributed by atoms with E-state index in [9.17, 15) is 8.78 Å². The number of nitriles is 1. The summed E-state index contributed by atoms with van der Waals surface area (Å²) in [5.41, 5.74) is 0.787. The minimum Gasteiger partial charge on any atom is -0.484 e. The first-order valence-corrected chi connectivity index (χ1v) is 5.27. The van der Waals surface area contributed by atoms with E-state index in [0.29, 0.717) is 0 Å². The van der Waals surface area contributed by atoms with Gasteiger partial charge in [-0.15, -0.1) is 0 Å². The van der Waals surface area contributed by atoms with Gasteiger partial charge in [0.2, 0.25) is 5.82 Å². The number of ether oxygens (including phenoxy) is 1. The van der Waals surface area contributed by atoms with E-state index in [1.165, 1.54) is 6.07 Å². The monoisotopic (exact) mass is 245 g/mol. The predicted molar refractivity (Wildman–Crippen MR) is 61.8 cm³/mol. The summed E-state index contributed by atoms with van der Waals surface area (Å²) in [5, 5.41) is 8.81. The number of benzene rings is 2. The van der Waals surface area contributed by atoms with Crippen LogP contribution in [0.5, 0.6) is 5.75 Å². The molecule has 2 rings (SSSR count). The molecule has 4 heteroatoms. The Morgan fingerprint density at radius 3 is 2.44 bits per heavy atom. The van der Waals surface area contributed by atoms with Crippen molar-refractivity contribution < 1.29 is 13.5 Å². The third kappa shape index (κ3) is 2.46. The van der Waals surface area contributed by atoms with Crippen LogP contribution < -0.4 is 4.74 Å². The van der Waals surface area contributed by atoms with Crippen LogP contribution in [-0.4, -0.2) is 0 Å². The van der Waals surface area contributed by atoms with Crippen molar-refractivity contribution in [2.24, 2.45) is 0 Å². The Bertz CT molecular complexity index is 591. The van der Waals surface area contributed by atoms with Crippen LogP contribution >= 0.6 is 0 Å². The Balaban J connectivity index is 2.24. The molecule has 2 aromatic rings. The quantitative estimate of drug-likeness (QED) is 0.830. The topological polar surface area (TPSA) is 33.0 Å². The zero-order chi connectivity index (χ0) is 13.0. The number of halogens is 2. The van der Waals surface area contributed by atoms with Gasteiger partial charge >= 0.3 is 0 Å². The van der Waals surface area contributed by atoms with Crippen molar-refractivity contribution in [2.75, 3.05) is 0 Å². The molecule has 0 aliphatic heterocycles. The molecule has 90 valence electrons. The Morgan fingerprint density at radius 1 is 1.06 bits per heavy atom. The third-order valence-electron chi connectivity index (χ3n) is 2.40. The lowest BCUT2D eigenvalue weighted by atomic mass is 10.2. The molecule has 0 radical (unpaired) electrons. The van der Waals surface area contributed by atoms with Crippen molar-refractivity contribution in [2.45, 2.75) is 6.61 Å². The van der Waals surface area contributed by atoms with E-state index in [2.05, 4.69) is 0 Å². The average Bonchev–Trinajstić information content (AvgIpc) is 2.41. The van der Waals surface area contributed by atoms with Gasteiger partial charge in [-0.2, -0.15) is 9.65 Å². The number of hydrogen-bond acceptors (Lipinski definition) is 2. The molecule has 0 aliphatic rings. The summed E-state index contributed by atoms with van der Waals surface area (Å²) in [5.74, 6) is -2.51. The fraction of sp³-hybridized carbons (Fsp3) is 0.0714. The summed E-state index contributed by atoms with van der Waals surface area (Å²) in [6, 6.07) is 12.9. The van der Waals surface area contributed by atoms with Gasteiger partial charge in [-0.25, -0.2) is 4.39 Å². The summed E-state index contributed by atoms with van der Waals surface area (Å²) >= 11 is 0. The van der Waals surface area contributed by atoms with Crippen LogP contribution in [0.4, 0.5) is 8.78 Å². The molecule has 0 fully saturated rings. The fourth-order valence-corrected chi connectivity index (χ4v) is 1.49. The first kappa shape index (κ1) is 12.1. The molecular weight excluding hydrogens is 236 g/mol. The zero-order valence-electron chi connectivity index (χ0n) is 9.36. The Kier molecular flexibility index (Phi) is 3.54. The average molecular weight is 245 g/mol. The molecule has 0 unspecified atom stereocenters. The molecule has 0 bridgehead atoms. The van der Waals surface area contributed by atoms with E-state index < -0.39 is 11.6 Å². The van der Waals surface area contributed by atoms with Gasteiger partial charge in [0.25, 0.3) is 0 Å². The molecule has 18 heavy (non-hydrogen) atoms. The molecule has 0 atom stereocenters. The van der Waals surface area contributed by atoms with E-state index in [0.717, 1.165) is 11.6 Å². The first-order chi connectivity index (χ1) is 8.72. The summed E-state index contributed by atoms with van der Waals surface area (Å²) in [6.07, 6.45) is 0. The maximum atomic E-state index is 13.5. The molecule has 0 saturated carbocycles. The molecular formula is C14H9F2NO. The third-order valence-corrected chi connectivity index (χ3v) is 2.40. The van der Waals surface area contributed by atoms with Crippen molar-refractivity contribution in [1.29, 1.82) is 5.26 Å². The van der Waals surface area contributed by atoms with Gasteiger partial charge in [0.15, 0.2) is 11.6 Å². The first-order valence-electron chi connectivity index (χ1n) is 5.27. The van der Waals surface area contributed by atoms with E-state index in [-0.39, 0.29) is 17.9 Å². The highest BCUT2D eigenvalue weighted by atomic mass is 19.2. The summed E-state index contributed by atoms with van der Waals surface area (Å²) in [7, 11) is 0. The van der Waals surface area contributed by atoms with Crippen molar-refractivity contribution in [3.63, 3.8) is 0 Å². The largest absolute Gasteiger partial charge is 0.484 e. The Hall–Kier alpha value is -2.41. The molecule has 2 aromatic carbocycles. The van der Waals surface area contributed by atoms with Gasteiger partial charge in [-0.1, -0.05) is 30.3 Å². The van der Waals surface area contributed by atoms with E-state index >= 15 is 0 Å². The molecule has 0 aliphatic carbocycles. The van der Waals surface area contributed by atoms with Crippen LogP contribution in [0.2, 0.25) is 0 Å². The predicted octanol–water partition coefficient (Wildman–Crippen LogP) is 3.42. The number of nitrogens with zero attached hydrogens (tertiary/aromatic N) is 1. The second-order valence-electron chi connectivity index (χ2n) is 3.62. The highest BCUT2D eigenvalue weighted by Crippen LogP contribution is 2.25. The normalized spacial score (nSPS) is 9.83. The van der Waals surface area contributed by atoms with Crippen LogP contribution in [0.15, 0.2) is 42.5 Å². The van der Waals surface area contributed by atoms with E-state index in [1.54, 1.807) is 18.2 Å². The lowest BCUT2D eigenvalue weighted by molar-refractivity contribution is 0.283. The maximum Gasteiger partial charge on any atom is 0.202 e. The van der Waals surface area contributed by atoms with Crippen LogP contribution in [-0.2, 0) is 6.61 Å². The smallest absolute Gasteiger partial charge is 0.202 e. The molecule has 2 nitrogen and oxygen atoms in total. The van der Waals surface area contributed by atoms with Gasteiger partial charge in [0.05, 0.1) is 5.56 Å². The van der Waals surface area contributed by atoms with Gasteiger partial charge < -0.3 is 4.74 Å². The van der Waals surface area contributed by atoms with Crippen LogP contribution in [0.1, 0.15) is 11.1 Å². The second-order valence-corrected chi connectivity index (χ2v) is 3.62. The lowest BCUT2D eigenvalue weighted by Crippen LogP contribution is -2.01. The Morgan fingerprint density at radius 2 is 1.78 bits per heavy atom. The second kappa shape index (κ2) is 5.28. The minimum absolute atomic E-state index is 0.0233. The van der Waals surface area contributed by atoms with Crippen molar-refractivity contribution in [3.8, 4) is 11.8 Å². The minimum atomic E-state index is -1.13. The zero-order valence-corrected chi connectivity index (χ0v) is 9.36. The molecule has 0 aromatic heterocycles. The molecule has 0 heterocycles. The summed E-state index contributed by atoms with van der Waals surface area (Å²) < 4.78 is 31.7. The standard InChI is InChI=1S/C14H9F2NO/c15-12-7-6-11(8-17)14(13(12)16)18-9-10-4-2-1-3-5-10/h1-7H,9H2. The number of hydrogen-bond donors (Lipinski definition) is 0. The maximum absolute atomic E-state index is 13.5. The highest BCUT2D eigenvalue weighted by Gasteiger charge is 2.14. The molecule has 0 N–H and O–H groups in total. The Labute approximate surface area is 103 Å². The fourth-order valence-electron chi connectivity index (χ4n) is 1.49. The van der Waals surface area contributed by atoms with Crippen molar-refractivity contribution >= 4 is 0 Å². The van der Waals surface area contributed by atoms with Crippen LogP contribution in [0, 0.1) is 23.0 Å². The number of rotatable bonds is 3. The van der Waals surface area contributed by atoms with E-state index in [4.69, 9.17) is 10.00 Å². The van der Waals surface area contributed by atoms with Crippen molar-refractivity contribution in [1.82, 2.24) is 0 Å². The van der Waals surface area contributed by atoms with E-state index in [1.807, 2.05) is 18.2 Å². The van der Waals surface area contributed by atoms with Gasteiger partial charge in [0.1, 0.15) is 12.7 Å². The van der Waals surface area contributed by atoms with Gasteiger partial charge in [-0.05, 0) is 17.7 Å². The SMILES string of the molecule is N#Cc1ccc(F)c(F)c1OCc1ccccc1. The van der Waals surface area contributed by atoms with Crippen LogP contribution in [0.3, 0.4) is 0 Å². The summed E-state index contributed by atoms with van der Waals surface area (Å²) in [4.78, 5) is 0. The van der Waals surface area contributed by atoms with Crippen LogP contribution in [0.25, 0.3) is 0 Å². The summed E-state index contributed by atoms with van der Waals surface area (Å²) in [6.45, 7) is 0.0793. The molecule has 0 saturated heterocycles. The molecule has 0 spiro atoms. The highest BCUT2D eigenvalue weighted by molar-refractivity contribution is 5.44. The van der Waals surface area contributed by atoms with Gasteiger partial charge in [-0.3, -0.25) is 0 Å². The van der Waals surface area contributed by atoms with Gasteiger partial charge in [0, 0.05) is 0 Å². The lowest BCUT2D eigenvalue weighted by Gasteiger charge is -2.09. The molecule has 0 amide bonds. The van der Waals surface area contributed by atoms with Crippen molar-refractivity contribution in [3.05, 3.63) is 65.2 Å².